The quantitative estimate of drug-likeness (QED) is 0.576. The van der Waals surface area contributed by atoms with E-state index in [9.17, 15) is 8.42 Å². The van der Waals surface area contributed by atoms with Gasteiger partial charge in [0.25, 0.3) is 10.0 Å². The van der Waals surface area contributed by atoms with E-state index in [4.69, 9.17) is 9.47 Å². The molecule has 0 unspecified atom stereocenters. The van der Waals surface area contributed by atoms with Crippen LogP contribution in [0.5, 0.6) is 11.5 Å². The van der Waals surface area contributed by atoms with Crippen LogP contribution in [0, 0.1) is 0 Å². The first kappa shape index (κ1) is 20.6. The fourth-order valence-electron chi connectivity index (χ4n) is 3.35. The van der Waals surface area contributed by atoms with Gasteiger partial charge in [-0.25, -0.2) is 8.42 Å². The highest BCUT2D eigenvalue weighted by Gasteiger charge is 2.29. The van der Waals surface area contributed by atoms with Gasteiger partial charge < -0.3 is 14.4 Å². The number of rotatable bonds is 6. The van der Waals surface area contributed by atoms with Gasteiger partial charge in [0.1, 0.15) is 15.7 Å². The van der Waals surface area contributed by atoms with Crippen molar-refractivity contribution in [1.29, 1.82) is 0 Å². The number of anilines is 1. The van der Waals surface area contributed by atoms with Crippen molar-refractivity contribution in [3.8, 4) is 22.8 Å². The fraction of sp³-hybridized carbons (Fsp3) is 0.300. The standard InChI is InChI=1S/C20H22N4O4S2/c1-27-15-5-7-18(28-2)16(14-15)17-6-8-19(22-21-17)23-9-11-24(12-10-23)30(25,26)20-4-3-13-29-20/h3-8,13-14H,9-12H2,1-2H3. The minimum Gasteiger partial charge on any atom is -0.497 e. The molecule has 0 atom stereocenters. The van der Waals surface area contributed by atoms with E-state index in [1.165, 1.54) is 15.6 Å². The molecule has 1 aliphatic heterocycles. The van der Waals surface area contributed by atoms with E-state index >= 15 is 0 Å². The van der Waals surface area contributed by atoms with Crippen molar-refractivity contribution in [2.75, 3.05) is 45.3 Å². The lowest BCUT2D eigenvalue weighted by molar-refractivity contribution is 0.384. The predicted octanol–water partition coefficient (Wildman–Crippen LogP) is 2.73. The molecule has 1 aromatic carbocycles. The topological polar surface area (TPSA) is 84.9 Å². The fourth-order valence-corrected chi connectivity index (χ4v) is 5.91. The minimum absolute atomic E-state index is 0.382. The number of ether oxygens (including phenoxy) is 2. The lowest BCUT2D eigenvalue weighted by Gasteiger charge is -2.34. The van der Waals surface area contributed by atoms with Crippen LogP contribution in [0.25, 0.3) is 11.3 Å². The molecule has 3 heterocycles. The first-order valence-electron chi connectivity index (χ1n) is 9.37. The molecule has 0 amide bonds. The van der Waals surface area contributed by atoms with Crippen LogP contribution >= 0.6 is 11.3 Å². The SMILES string of the molecule is COc1ccc(OC)c(-c2ccc(N3CCN(S(=O)(=O)c4cccs4)CC3)nn2)c1. The van der Waals surface area contributed by atoms with Crippen LogP contribution in [0.1, 0.15) is 0 Å². The summed E-state index contributed by atoms with van der Waals surface area (Å²) in [5.74, 6) is 2.11. The summed E-state index contributed by atoms with van der Waals surface area (Å²) in [6.45, 7) is 1.93. The molecule has 8 nitrogen and oxygen atoms in total. The molecule has 4 rings (SSSR count). The van der Waals surface area contributed by atoms with Gasteiger partial charge in [0.2, 0.25) is 0 Å². The lowest BCUT2D eigenvalue weighted by Crippen LogP contribution is -2.48. The van der Waals surface area contributed by atoms with Crippen LogP contribution in [0.15, 0.2) is 52.1 Å². The van der Waals surface area contributed by atoms with E-state index < -0.39 is 10.0 Å². The Labute approximate surface area is 179 Å². The maximum Gasteiger partial charge on any atom is 0.252 e. The van der Waals surface area contributed by atoms with Crippen LogP contribution < -0.4 is 14.4 Å². The van der Waals surface area contributed by atoms with E-state index in [1.807, 2.05) is 35.2 Å². The molecule has 0 spiro atoms. The van der Waals surface area contributed by atoms with E-state index in [0.29, 0.717) is 53.4 Å². The maximum absolute atomic E-state index is 12.7. The summed E-state index contributed by atoms with van der Waals surface area (Å²) >= 11 is 1.24. The zero-order chi connectivity index (χ0) is 21.1. The third-order valence-corrected chi connectivity index (χ3v) is 8.26. The third-order valence-electron chi connectivity index (χ3n) is 4.98. The van der Waals surface area contributed by atoms with Gasteiger partial charge in [0, 0.05) is 31.7 Å². The van der Waals surface area contributed by atoms with Crippen LogP contribution in [0.3, 0.4) is 0 Å². The average Bonchev–Trinajstić information content (AvgIpc) is 3.35. The highest BCUT2D eigenvalue weighted by molar-refractivity contribution is 7.91. The summed E-state index contributed by atoms with van der Waals surface area (Å²) < 4.78 is 38.0. The molecule has 0 bridgehead atoms. The molecule has 2 aromatic heterocycles. The Kier molecular flexibility index (Phi) is 5.89. The second-order valence-corrected chi connectivity index (χ2v) is 9.78. The van der Waals surface area contributed by atoms with Crippen molar-refractivity contribution in [1.82, 2.24) is 14.5 Å². The smallest absolute Gasteiger partial charge is 0.252 e. The minimum atomic E-state index is -3.42. The van der Waals surface area contributed by atoms with Gasteiger partial charge in [-0.1, -0.05) is 6.07 Å². The first-order valence-corrected chi connectivity index (χ1v) is 11.7. The summed E-state index contributed by atoms with van der Waals surface area (Å²) in [7, 11) is -0.200. The van der Waals surface area contributed by atoms with Crippen molar-refractivity contribution in [3.63, 3.8) is 0 Å². The van der Waals surface area contributed by atoms with Gasteiger partial charge in [-0.2, -0.15) is 4.31 Å². The lowest BCUT2D eigenvalue weighted by atomic mass is 10.1. The third kappa shape index (κ3) is 3.98. The number of aromatic nitrogens is 2. The highest BCUT2D eigenvalue weighted by Crippen LogP contribution is 2.32. The van der Waals surface area contributed by atoms with Gasteiger partial charge in [0.15, 0.2) is 5.82 Å². The second-order valence-electron chi connectivity index (χ2n) is 6.67. The van der Waals surface area contributed by atoms with Crippen molar-refractivity contribution in [2.45, 2.75) is 4.21 Å². The van der Waals surface area contributed by atoms with Gasteiger partial charge in [-0.05, 0) is 41.8 Å². The molecule has 1 aliphatic rings. The monoisotopic (exact) mass is 446 g/mol. The number of methoxy groups -OCH3 is 2. The molecule has 0 aliphatic carbocycles. The Bertz CT molecular complexity index is 1090. The normalized spacial score (nSPS) is 15.2. The number of benzene rings is 1. The van der Waals surface area contributed by atoms with Crippen LogP contribution in [-0.2, 0) is 10.0 Å². The molecule has 1 saturated heterocycles. The van der Waals surface area contributed by atoms with Gasteiger partial charge in [-0.15, -0.1) is 21.5 Å². The van der Waals surface area contributed by atoms with E-state index in [0.717, 1.165) is 5.56 Å². The van der Waals surface area contributed by atoms with Crippen LogP contribution in [-0.4, -0.2) is 63.3 Å². The molecule has 30 heavy (non-hydrogen) atoms. The number of hydrogen-bond acceptors (Lipinski definition) is 8. The number of thiophene rings is 1. The molecule has 0 N–H and O–H groups in total. The predicted molar refractivity (Wildman–Crippen MR) is 116 cm³/mol. The zero-order valence-corrected chi connectivity index (χ0v) is 18.3. The molecule has 0 radical (unpaired) electrons. The molecule has 3 aromatic rings. The first-order chi connectivity index (χ1) is 14.5. The Morgan fingerprint density at radius 1 is 0.967 bits per heavy atom. The van der Waals surface area contributed by atoms with Crippen molar-refractivity contribution in [2.24, 2.45) is 0 Å². The van der Waals surface area contributed by atoms with Crippen molar-refractivity contribution in [3.05, 3.63) is 47.8 Å². The largest absolute Gasteiger partial charge is 0.497 e. The van der Waals surface area contributed by atoms with E-state index in [-0.39, 0.29) is 0 Å². The highest BCUT2D eigenvalue weighted by atomic mass is 32.2. The van der Waals surface area contributed by atoms with Gasteiger partial charge >= 0.3 is 0 Å². The zero-order valence-electron chi connectivity index (χ0n) is 16.7. The Morgan fingerprint density at radius 2 is 1.77 bits per heavy atom. The Morgan fingerprint density at radius 3 is 2.37 bits per heavy atom. The molecule has 0 saturated carbocycles. The molecule has 1 fully saturated rings. The average molecular weight is 447 g/mol. The van der Waals surface area contributed by atoms with Crippen LogP contribution in [0.4, 0.5) is 5.82 Å². The van der Waals surface area contributed by atoms with Crippen LogP contribution in [0.2, 0.25) is 0 Å². The second kappa shape index (κ2) is 8.58. The number of nitrogens with zero attached hydrogens (tertiary/aromatic N) is 4. The summed E-state index contributed by atoms with van der Waals surface area (Å²) in [4.78, 5) is 2.04. The molecule has 10 heteroatoms. The summed E-state index contributed by atoms with van der Waals surface area (Å²) in [5, 5.41) is 10.5. The van der Waals surface area contributed by atoms with E-state index in [1.54, 1.807) is 31.7 Å². The molecular formula is C20H22N4O4S2. The van der Waals surface area contributed by atoms with Crippen molar-refractivity contribution < 1.29 is 17.9 Å². The summed E-state index contributed by atoms with van der Waals surface area (Å²) in [6, 6.07) is 12.7. The van der Waals surface area contributed by atoms with Crippen molar-refractivity contribution >= 4 is 27.2 Å². The summed E-state index contributed by atoms with van der Waals surface area (Å²) in [6.07, 6.45) is 0. The molecular weight excluding hydrogens is 424 g/mol. The molecule has 158 valence electrons. The van der Waals surface area contributed by atoms with Gasteiger partial charge in [0.05, 0.1) is 19.9 Å². The maximum atomic E-state index is 12.7. The number of piperazine rings is 1. The van der Waals surface area contributed by atoms with E-state index in [2.05, 4.69) is 10.2 Å². The number of hydrogen-bond donors (Lipinski definition) is 0. The summed E-state index contributed by atoms with van der Waals surface area (Å²) in [5.41, 5.74) is 1.47. The Balaban J connectivity index is 1.47. The Hall–Kier alpha value is -2.69. The number of sulfonamides is 1. The van der Waals surface area contributed by atoms with Gasteiger partial charge in [-0.3, -0.25) is 0 Å².